The Morgan fingerprint density at radius 1 is 1.29 bits per heavy atom. The van der Waals surface area contributed by atoms with Crippen molar-refractivity contribution in [1.82, 2.24) is 20.9 Å². The second kappa shape index (κ2) is 5.95. The second-order valence-electron chi connectivity index (χ2n) is 5.37. The lowest BCUT2D eigenvalue weighted by atomic mass is 10.1. The minimum atomic E-state index is -0.184. The van der Waals surface area contributed by atoms with Crippen molar-refractivity contribution in [3.63, 3.8) is 0 Å². The summed E-state index contributed by atoms with van der Waals surface area (Å²) >= 11 is 0. The first-order chi connectivity index (χ1) is 10.2. The Kier molecular flexibility index (Phi) is 3.85. The van der Waals surface area contributed by atoms with Crippen LogP contribution in [0.4, 0.5) is 4.79 Å². The molecule has 1 aliphatic carbocycles. The van der Waals surface area contributed by atoms with E-state index in [4.69, 9.17) is 0 Å². The fourth-order valence-corrected chi connectivity index (χ4v) is 2.44. The minimum absolute atomic E-state index is 0.184. The number of hydrogen-bond donors (Lipinski definition) is 2. The Morgan fingerprint density at radius 3 is 2.81 bits per heavy atom. The number of aryl methyl sites for hydroxylation is 1. The van der Waals surface area contributed by atoms with Crippen LogP contribution < -0.4 is 10.6 Å². The van der Waals surface area contributed by atoms with Gasteiger partial charge in [0, 0.05) is 6.54 Å². The van der Waals surface area contributed by atoms with Crippen LogP contribution in [0.3, 0.4) is 0 Å². The number of benzene rings is 1. The largest absolute Gasteiger partial charge is 0.338 e. The highest BCUT2D eigenvalue weighted by Gasteiger charge is 2.37. The lowest BCUT2D eigenvalue weighted by Gasteiger charge is -2.06. The summed E-state index contributed by atoms with van der Waals surface area (Å²) in [7, 11) is 0. The summed E-state index contributed by atoms with van der Waals surface area (Å²) in [6.45, 7) is 2.81. The lowest BCUT2D eigenvalue weighted by Crippen LogP contribution is -2.36. The summed E-state index contributed by atoms with van der Waals surface area (Å²) < 4.78 is 4.58. The Morgan fingerprint density at radius 2 is 2.10 bits per heavy atom. The first kappa shape index (κ1) is 13.6. The van der Waals surface area contributed by atoms with Gasteiger partial charge in [0.05, 0.1) is 6.54 Å². The number of nitrogens with one attached hydrogen (secondary N) is 2. The van der Waals surface area contributed by atoms with Crippen LogP contribution in [0, 0.1) is 12.8 Å². The summed E-state index contributed by atoms with van der Waals surface area (Å²) in [5.41, 5.74) is 2.70. The van der Waals surface area contributed by atoms with Gasteiger partial charge in [-0.3, -0.25) is 0 Å². The molecule has 0 aliphatic heterocycles. The van der Waals surface area contributed by atoms with Crippen LogP contribution in [-0.2, 0) is 6.54 Å². The average Bonchev–Trinajstić information content (AvgIpc) is 3.18. The molecule has 3 rings (SSSR count). The van der Waals surface area contributed by atoms with Crippen molar-refractivity contribution in [2.24, 2.45) is 5.92 Å². The van der Waals surface area contributed by atoms with Crippen molar-refractivity contribution in [3.8, 4) is 0 Å². The number of carbonyl (C=O) groups excluding carboxylic acids is 1. The number of urea groups is 1. The normalized spacial score (nSPS) is 20.0. The number of aromatic nitrogens is 2. The van der Waals surface area contributed by atoms with E-state index >= 15 is 0 Å². The van der Waals surface area contributed by atoms with E-state index in [0.717, 1.165) is 6.42 Å². The molecule has 1 aliphatic rings. The van der Waals surface area contributed by atoms with Crippen LogP contribution in [0.5, 0.6) is 0 Å². The molecule has 2 amide bonds. The van der Waals surface area contributed by atoms with Crippen LogP contribution in [0.1, 0.15) is 29.3 Å². The number of carbonyl (C=O) groups is 1. The van der Waals surface area contributed by atoms with Crippen molar-refractivity contribution in [1.29, 1.82) is 0 Å². The lowest BCUT2D eigenvalue weighted by molar-refractivity contribution is 0.239. The number of amides is 2. The van der Waals surface area contributed by atoms with Crippen molar-refractivity contribution in [3.05, 3.63) is 47.3 Å². The maximum Gasteiger partial charge on any atom is 0.315 e. The molecule has 6 nitrogen and oxygen atoms in total. The van der Waals surface area contributed by atoms with E-state index in [1.807, 2.05) is 6.07 Å². The summed E-state index contributed by atoms with van der Waals surface area (Å²) in [5.74, 6) is 1.11. The highest BCUT2D eigenvalue weighted by molar-refractivity contribution is 5.73. The van der Waals surface area contributed by atoms with Gasteiger partial charge in [0.1, 0.15) is 11.4 Å². The monoisotopic (exact) mass is 286 g/mol. The zero-order valence-corrected chi connectivity index (χ0v) is 11.9. The maximum atomic E-state index is 11.7. The molecular formula is C15H18N4O2. The predicted molar refractivity (Wildman–Crippen MR) is 76.6 cm³/mol. The molecular weight excluding hydrogens is 268 g/mol. The van der Waals surface area contributed by atoms with Crippen molar-refractivity contribution in [2.75, 3.05) is 6.54 Å². The van der Waals surface area contributed by atoms with Gasteiger partial charge in [-0.05, 0) is 30.7 Å². The van der Waals surface area contributed by atoms with Gasteiger partial charge < -0.3 is 10.6 Å². The van der Waals surface area contributed by atoms with Crippen molar-refractivity contribution in [2.45, 2.75) is 25.8 Å². The van der Waals surface area contributed by atoms with E-state index in [1.165, 1.54) is 5.56 Å². The van der Waals surface area contributed by atoms with Gasteiger partial charge in [0.25, 0.3) is 0 Å². The SMILES string of the molecule is Cc1nonc1CNC(=O)NC[C@@H]1C[C@H]1c1ccccc1. The second-order valence-corrected chi connectivity index (χ2v) is 5.37. The summed E-state index contributed by atoms with van der Waals surface area (Å²) in [5, 5.41) is 13.0. The molecule has 1 saturated carbocycles. The first-order valence-electron chi connectivity index (χ1n) is 7.08. The van der Waals surface area contributed by atoms with E-state index in [9.17, 15) is 4.79 Å². The molecule has 2 aromatic rings. The van der Waals surface area contributed by atoms with E-state index < -0.39 is 0 Å². The van der Waals surface area contributed by atoms with Gasteiger partial charge >= 0.3 is 6.03 Å². The Balaban J connectivity index is 1.38. The number of nitrogens with zero attached hydrogens (tertiary/aromatic N) is 2. The molecule has 2 atom stereocenters. The smallest absolute Gasteiger partial charge is 0.315 e. The minimum Gasteiger partial charge on any atom is -0.338 e. The third-order valence-corrected chi connectivity index (χ3v) is 3.84. The molecule has 6 heteroatoms. The molecule has 0 saturated heterocycles. The molecule has 0 unspecified atom stereocenters. The first-order valence-corrected chi connectivity index (χ1v) is 7.08. The zero-order valence-electron chi connectivity index (χ0n) is 11.9. The quantitative estimate of drug-likeness (QED) is 0.880. The van der Waals surface area contributed by atoms with Gasteiger partial charge in [-0.1, -0.05) is 40.6 Å². The van der Waals surface area contributed by atoms with E-state index in [1.54, 1.807) is 6.92 Å². The number of rotatable bonds is 5. The fourth-order valence-electron chi connectivity index (χ4n) is 2.44. The van der Waals surface area contributed by atoms with Crippen molar-refractivity contribution >= 4 is 6.03 Å². The van der Waals surface area contributed by atoms with Gasteiger partial charge in [0.15, 0.2) is 0 Å². The van der Waals surface area contributed by atoms with Gasteiger partial charge in [-0.2, -0.15) is 0 Å². The van der Waals surface area contributed by atoms with E-state index in [2.05, 4.69) is 49.8 Å². The molecule has 0 spiro atoms. The highest BCUT2D eigenvalue weighted by Crippen LogP contribution is 2.46. The predicted octanol–water partition coefficient (Wildman–Crippen LogP) is 1.98. The van der Waals surface area contributed by atoms with Crippen LogP contribution in [0.25, 0.3) is 0 Å². The molecule has 1 fully saturated rings. The van der Waals surface area contributed by atoms with Crippen LogP contribution in [0.15, 0.2) is 35.0 Å². The Bertz CT molecular complexity index is 611. The fraction of sp³-hybridized carbons (Fsp3) is 0.400. The molecule has 0 radical (unpaired) electrons. The molecule has 1 heterocycles. The molecule has 1 aromatic heterocycles. The molecule has 2 N–H and O–H groups in total. The van der Waals surface area contributed by atoms with Crippen LogP contribution in [0.2, 0.25) is 0 Å². The maximum absolute atomic E-state index is 11.7. The third kappa shape index (κ3) is 3.39. The zero-order chi connectivity index (χ0) is 14.7. The summed E-state index contributed by atoms with van der Waals surface area (Å²) in [4.78, 5) is 11.7. The standard InChI is InChI=1S/C15H18N4O2/c1-10-14(19-21-18-10)9-17-15(20)16-8-12-7-13(12)11-5-3-2-4-6-11/h2-6,12-13H,7-9H2,1H3,(H2,16,17,20)/t12-,13-/m0/s1. The molecule has 1 aromatic carbocycles. The topological polar surface area (TPSA) is 80.1 Å². The summed E-state index contributed by atoms with van der Waals surface area (Å²) in [6, 6.07) is 10.2. The Labute approximate surface area is 122 Å². The Hall–Kier alpha value is -2.37. The average molecular weight is 286 g/mol. The van der Waals surface area contributed by atoms with Crippen molar-refractivity contribution < 1.29 is 9.42 Å². The van der Waals surface area contributed by atoms with Gasteiger partial charge in [0.2, 0.25) is 0 Å². The molecule has 21 heavy (non-hydrogen) atoms. The summed E-state index contributed by atoms with van der Waals surface area (Å²) in [6.07, 6.45) is 1.14. The van der Waals surface area contributed by atoms with Gasteiger partial charge in [-0.15, -0.1) is 0 Å². The van der Waals surface area contributed by atoms with Crippen LogP contribution >= 0.6 is 0 Å². The van der Waals surface area contributed by atoms with Crippen LogP contribution in [-0.4, -0.2) is 22.9 Å². The molecule has 110 valence electrons. The highest BCUT2D eigenvalue weighted by atomic mass is 16.6. The number of hydrogen-bond acceptors (Lipinski definition) is 4. The van der Waals surface area contributed by atoms with E-state index in [0.29, 0.717) is 36.3 Å². The van der Waals surface area contributed by atoms with Gasteiger partial charge in [-0.25, -0.2) is 9.42 Å². The molecule has 0 bridgehead atoms. The van der Waals surface area contributed by atoms with E-state index in [-0.39, 0.29) is 6.03 Å². The third-order valence-electron chi connectivity index (χ3n) is 3.84.